The fourth-order valence-electron chi connectivity index (χ4n) is 1.37. The first-order valence-corrected chi connectivity index (χ1v) is 5.18. The van der Waals surface area contributed by atoms with Gasteiger partial charge in [0.25, 0.3) is 5.91 Å². The van der Waals surface area contributed by atoms with Gasteiger partial charge in [-0.3, -0.25) is 9.78 Å². The van der Waals surface area contributed by atoms with E-state index in [0.29, 0.717) is 0 Å². The van der Waals surface area contributed by atoms with Crippen LogP contribution in [0.3, 0.4) is 0 Å². The molecule has 7 heteroatoms. The molecule has 0 saturated carbocycles. The number of carbonyl (C=O) groups is 1. The van der Waals surface area contributed by atoms with Crippen LogP contribution in [0.1, 0.15) is 16.1 Å². The Bertz CT molecular complexity index is 680. The average molecular weight is 257 g/mol. The number of nitrogens with zero attached hydrogens (tertiary/aromatic N) is 3. The molecule has 0 bridgehead atoms. The van der Waals surface area contributed by atoms with Gasteiger partial charge in [0, 0.05) is 5.69 Å². The van der Waals surface area contributed by atoms with Crippen molar-refractivity contribution in [3.63, 3.8) is 0 Å². The lowest BCUT2D eigenvalue weighted by molar-refractivity contribution is 0.102. The average Bonchev–Trinajstić information content (AvgIpc) is 2.41. The van der Waals surface area contributed by atoms with Crippen molar-refractivity contribution in [3.05, 3.63) is 47.7 Å². The predicted molar refractivity (Wildman–Crippen MR) is 65.5 cm³/mol. The third kappa shape index (κ3) is 2.81. The Morgan fingerprint density at radius 2 is 2.21 bits per heavy atom. The number of hydrogen-bond donors (Lipinski definition) is 2. The molecular weight excluding hydrogens is 249 g/mol. The fraction of sp³-hybridized carbons (Fsp3) is 0. The van der Waals surface area contributed by atoms with Crippen molar-refractivity contribution in [1.82, 2.24) is 9.97 Å². The third-order valence-corrected chi connectivity index (χ3v) is 2.23. The van der Waals surface area contributed by atoms with Gasteiger partial charge in [0.15, 0.2) is 0 Å². The van der Waals surface area contributed by atoms with Crippen LogP contribution in [0.5, 0.6) is 0 Å². The fourth-order valence-corrected chi connectivity index (χ4v) is 1.37. The lowest BCUT2D eigenvalue weighted by Gasteiger charge is -2.05. The van der Waals surface area contributed by atoms with E-state index in [4.69, 9.17) is 11.0 Å². The summed E-state index contributed by atoms with van der Waals surface area (Å²) in [5.41, 5.74) is 5.57. The van der Waals surface area contributed by atoms with E-state index in [-0.39, 0.29) is 22.8 Å². The highest BCUT2D eigenvalue weighted by Gasteiger charge is 2.10. The number of carbonyl (C=O) groups excluding carboxylic acids is 1. The molecule has 0 unspecified atom stereocenters. The maximum absolute atomic E-state index is 13.1. The molecule has 1 aromatic heterocycles. The van der Waals surface area contributed by atoms with E-state index in [9.17, 15) is 9.18 Å². The molecule has 94 valence electrons. The Labute approximate surface area is 107 Å². The first kappa shape index (κ1) is 12.4. The lowest BCUT2D eigenvalue weighted by Crippen LogP contribution is -2.15. The zero-order valence-electron chi connectivity index (χ0n) is 9.59. The molecule has 2 aromatic rings. The third-order valence-electron chi connectivity index (χ3n) is 2.23. The molecule has 19 heavy (non-hydrogen) atoms. The van der Waals surface area contributed by atoms with E-state index in [1.165, 1.54) is 24.5 Å². The summed E-state index contributed by atoms with van der Waals surface area (Å²) in [6.07, 6.45) is 2.56. The molecule has 2 rings (SSSR count). The van der Waals surface area contributed by atoms with Crippen LogP contribution >= 0.6 is 0 Å². The van der Waals surface area contributed by atoms with Gasteiger partial charge in [-0.25, -0.2) is 9.37 Å². The van der Waals surface area contributed by atoms with Crippen molar-refractivity contribution in [2.24, 2.45) is 0 Å². The number of nitrogens with two attached hydrogens (primary N) is 1. The summed E-state index contributed by atoms with van der Waals surface area (Å²) in [4.78, 5) is 19.3. The molecule has 0 spiro atoms. The molecular formula is C12H8FN5O. The van der Waals surface area contributed by atoms with Gasteiger partial charge in [-0.05, 0) is 18.2 Å². The second-order valence-corrected chi connectivity index (χ2v) is 3.59. The first-order chi connectivity index (χ1) is 9.10. The second kappa shape index (κ2) is 5.10. The minimum Gasteiger partial charge on any atom is -0.382 e. The van der Waals surface area contributed by atoms with Crippen LogP contribution in [-0.4, -0.2) is 15.9 Å². The van der Waals surface area contributed by atoms with E-state index < -0.39 is 11.7 Å². The SMILES string of the molecule is N#Cc1cc(NC(=O)c2cncc(N)n2)ccc1F. The van der Waals surface area contributed by atoms with Gasteiger partial charge < -0.3 is 11.1 Å². The Kier molecular flexibility index (Phi) is 3.34. The molecule has 3 N–H and O–H groups in total. The van der Waals surface area contributed by atoms with Crippen molar-refractivity contribution in [3.8, 4) is 6.07 Å². The molecule has 0 aliphatic carbocycles. The van der Waals surface area contributed by atoms with Gasteiger partial charge in [-0.2, -0.15) is 5.26 Å². The van der Waals surface area contributed by atoms with Crippen molar-refractivity contribution >= 4 is 17.4 Å². The predicted octanol–water partition coefficient (Wildman–Crippen LogP) is 1.32. The Morgan fingerprint density at radius 1 is 1.42 bits per heavy atom. The van der Waals surface area contributed by atoms with Crippen molar-refractivity contribution in [1.29, 1.82) is 5.26 Å². The number of nitrogens with one attached hydrogen (secondary N) is 1. The van der Waals surface area contributed by atoms with Gasteiger partial charge in [0.2, 0.25) is 0 Å². The summed E-state index contributed by atoms with van der Waals surface area (Å²) in [5.74, 6) is -1.08. The summed E-state index contributed by atoms with van der Waals surface area (Å²) < 4.78 is 13.1. The van der Waals surface area contributed by atoms with Crippen molar-refractivity contribution in [2.45, 2.75) is 0 Å². The quantitative estimate of drug-likeness (QED) is 0.844. The van der Waals surface area contributed by atoms with E-state index >= 15 is 0 Å². The largest absolute Gasteiger partial charge is 0.382 e. The molecule has 0 aliphatic heterocycles. The Morgan fingerprint density at radius 3 is 2.89 bits per heavy atom. The zero-order valence-corrected chi connectivity index (χ0v) is 9.59. The molecule has 0 fully saturated rings. The highest BCUT2D eigenvalue weighted by Crippen LogP contribution is 2.14. The van der Waals surface area contributed by atoms with Crippen LogP contribution in [0, 0.1) is 17.1 Å². The number of hydrogen-bond acceptors (Lipinski definition) is 5. The summed E-state index contributed by atoms with van der Waals surface area (Å²) in [7, 11) is 0. The van der Waals surface area contributed by atoms with Crippen LogP contribution in [0.2, 0.25) is 0 Å². The van der Waals surface area contributed by atoms with Crippen LogP contribution < -0.4 is 11.1 Å². The van der Waals surface area contributed by atoms with Crippen LogP contribution in [0.4, 0.5) is 15.9 Å². The van der Waals surface area contributed by atoms with Crippen LogP contribution in [-0.2, 0) is 0 Å². The van der Waals surface area contributed by atoms with Gasteiger partial charge >= 0.3 is 0 Å². The van der Waals surface area contributed by atoms with Crippen molar-refractivity contribution < 1.29 is 9.18 Å². The van der Waals surface area contributed by atoms with E-state index in [1.54, 1.807) is 6.07 Å². The van der Waals surface area contributed by atoms with Crippen LogP contribution in [0.25, 0.3) is 0 Å². The van der Waals surface area contributed by atoms with Crippen LogP contribution in [0.15, 0.2) is 30.6 Å². The molecule has 1 heterocycles. The number of benzene rings is 1. The van der Waals surface area contributed by atoms with E-state index in [1.807, 2.05) is 0 Å². The van der Waals surface area contributed by atoms with E-state index in [2.05, 4.69) is 15.3 Å². The van der Waals surface area contributed by atoms with Gasteiger partial charge in [-0.1, -0.05) is 0 Å². The number of amides is 1. The minimum absolute atomic E-state index is 0.0304. The van der Waals surface area contributed by atoms with Gasteiger partial charge in [0.1, 0.15) is 23.4 Å². The Hall–Kier alpha value is -3.01. The zero-order chi connectivity index (χ0) is 13.8. The molecule has 0 saturated heterocycles. The number of anilines is 2. The number of nitriles is 1. The van der Waals surface area contributed by atoms with E-state index in [0.717, 1.165) is 6.07 Å². The first-order valence-electron chi connectivity index (χ1n) is 5.18. The monoisotopic (exact) mass is 257 g/mol. The Balaban J connectivity index is 2.22. The summed E-state index contributed by atoms with van der Waals surface area (Å²) >= 11 is 0. The molecule has 0 radical (unpaired) electrons. The minimum atomic E-state index is -0.649. The molecule has 1 aromatic carbocycles. The highest BCUT2D eigenvalue weighted by molar-refractivity contribution is 6.02. The molecule has 1 amide bonds. The molecule has 0 atom stereocenters. The number of nitrogen functional groups attached to an aromatic ring is 1. The van der Waals surface area contributed by atoms with Crippen molar-refractivity contribution in [2.75, 3.05) is 11.1 Å². The van der Waals surface area contributed by atoms with Gasteiger partial charge in [-0.15, -0.1) is 0 Å². The van der Waals surface area contributed by atoms with Gasteiger partial charge in [0.05, 0.1) is 18.0 Å². The highest BCUT2D eigenvalue weighted by atomic mass is 19.1. The number of aromatic nitrogens is 2. The number of halogens is 1. The smallest absolute Gasteiger partial charge is 0.275 e. The number of rotatable bonds is 2. The second-order valence-electron chi connectivity index (χ2n) is 3.59. The molecule has 6 nitrogen and oxygen atoms in total. The molecule has 0 aliphatic rings. The summed E-state index contributed by atoms with van der Waals surface area (Å²) in [6.45, 7) is 0. The standard InChI is InChI=1S/C12H8FN5O/c13-9-2-1-8(3-7(9)4-14)17-12(19)10-5-16-6-11(15)18-10/h1-3,5-6H,(H2,15,18)(H,17,19). The summed E-state index contributed by atoms with van der Waals surface area (Å²) in [6, 6.07) is 5.35. The maximum Gasteiger partial charge on any atom is 0.275 e. The summed E-state index contributed by atoms with van der Waals surface area (Å²) in [5, 5.41) is 11.2. The maximum atomic E-state index is 13.1. The lowest BCUT2D eigenvalue weighted by atomic mass is 10.2. The topological polar surface area (TPSA) is 105 Å². The normalized spacial score (nSPS) is 9.68.